The third-order valence-electron chi connectivity index (χ3n) is 9.50. The molecule has 3 aromatic carbocycles. The molecule has 3 rings (SSSR count). The molecule has 0 aromatic heterocycles. The molecule has 4 N–H and O–H groups in total. The van der Waals surface area contributed by atoms with Crippen molar-refractivity contribution in [3.63, 3.8) is 0 Å². The van der Waals surface area contributed by atoms with Gasteiger partial charge in [0, 0.05) is 25.6 Å². The highest BCUT2D eigenvalue weighted by molar-refractivity contribution is 5.93. The molecule has 16 nitrogen and oxygen atoms in total. The van der Waals surface area contributed by atoms with Crippen molar-refractivity contribution in [3.8, 4) is 5.75 Å². The minimum atomic E-state index is -1.45. The molecule has 0 saturated carbocycles. The molecular formula is C51H73N5O11. The molecule has 0 spiro atoms. The van der Waals surface area contributed by atoms with Gasteiger partial charge in [0.1, 0.15) is 47.3 Å². The van der Waals surface area contributed by atoms with Crippen LogP contribution in [0.2, 0.25) is 0 Å². The third kappa shape index (κ3) is 22.7. The highest BCUT2D eigenvalue weighted by Crippen LogP contribution is 2.20. The topological polar surface area (TPSA) is 200 Å². The fourth-order valence-electron chi connectivity index (χ4n) is 6.75. The van der Waals surface area contributed by atoms with E-state index in [-0.39, 0.29) is 51.4 Å². The van der Waals surface area contributed by atoms with E-state index in [1.807, 2.05) is 71.0 Å². The van der Waals surface area contributed by atoms with Gasteiger partial charge in [-0.2, -0.15) is 0 Å². The maximum Gasteiger partial charge on any atom is 0.408 e. The number of nitrogens with zero attached hydrogens (tertiary/aromatic N) is 1. The van der Waals surface area contributed by atoms with Crippen molar-refractivity contribution in [1.29, 1.82) is 0 Å². The number of benzene rings is 3. The molecule has 0 radical (unpaired) electrons. The number of methoxy groups -OCH3 is 1. The smallest absolute Gasteiger partial charge is 0.408 e. The molecule has 0 aliphatic rings. The normalized spacial score (nSPS) is 13.6. The van der Waals surface area contributed by atoms with Gasteiger partial charge in [0.15, 0.2) is 0 Å². The fraction of sp³-hybridized carbons (Fsp3) is 0.529. The first-order valence-electron chi connectivity index (χ1n) is 22.7. The summed E-state index contributed by atoms with van der Waals surface area (Å²) in [6.07, 6.45) is -1.13. The molecule has 0 fully saturated rings. The molecule has 0 saturated heterocycles. The lowest BCUT2D eigenvalue weighted by Gasteiger charge is -2.32. The van der Waals surface area contributed by atoms with E-state index in [4.69, 9.17) is 23.7 Å². The van der Waals surface area contributed by atoms with Gasteiger partial charge in [-0.05, 0) is 110 Å². The lowest BCUT2D eigenvalue weighted by Crippen LogP contribution is -2.60. The van der Waals surface area contributed by atoms with Crippen LogP contribution in [0.1, 0.15) is 99.3 Å². The van der Waals surface area contributed by atoms with Gasteiger partial charge in [0.2, 0.25) is 11.8 Å². The van der Waals surface area contributed by atoms with Crippen LogP contribution in [0.15, 0.2) is 84.9 Å². The minimum Gasteiger partial charge on any atom is -0.488 e. The predicted octanol–water partition coefficient (Wildman–Crippen LogP) is 6.67. The van der Waals surface area contributed by atoms with Crippen LogP contribution in [0, 0.1) is 5.92 Å². The van der Waals surface area contributed by atoms with Crippen LogP contribution < -0.4 is 26.0 Å². The Morgan fingerprint density at radius 2 is 1.10 bits per heavy atom. The van der Waals surface area contributed by atoms with E-state index in [0.717, 1.165) is 5.56 Å². The van der Waals surface area contributed by atoms with Crippen molar-refractivity contribution in [2.24, 2.45) is 5.92 Å². The van der Waals surface area contributed by atoms with Crippen LogP contribution in [0.5, 0.6) is 5.75 Å². The van der Waals surface area contributed by atoms with Crippen LogP contribution in [-0.2, 0) is 57.6 Å². The van der Waals surface area contributed by atoms with Gasteiger partial charge < -0.3 is 45.0 Å². The summed E-state index contributed by atoms with van der Waals surface area (Å²) in [5, 5.41) is 11.2. The first-order chi connectivity index (χ1) is 31.3. The zero-order valence-corrected chi connectivity index (χ0v) is 41.4. The van der Waals surface area contributed by atoms with E-state index in [2.05, 4.69) is 21.3 Å². The monoisotopic (exact) mass is 932 g/mol. The average molecular weight is 932 g/mol. The molecule has 0 unspecified atom stereocenters. The SMILES string of the molecule is COC(=O)CN(C[C@H](Cc1ccc(OC(C)(C)C)cc1)NC(=O)OC(C)(C)C)C[C@H](NC(=O)OCc1ccccc1)C(=O)N[C@@H](Cc1ccccc1)C(=O)N[C@@H](CC(C)C)C(=O)OC(C)(C)C. The number of ether oxygens (including phenoxy) is 5. The van der Waals surface area contributed by atoms with Gasteiger partial charge in [-0.25, -0.2) is 14.4 Å². The Kier molecular flexibility index (Phi) is 21.1. The second-order valence-electron chi connectivity index (χ2n) is 19.9. The molecule has 0 heterocycles. The van der Waals surface area contributed by atoms with E-state index in [1.165, 1.54) is 7.11 Å². The number of alkyl carbamates (subject to hydrolysis) is 2. The number of hydrogen-bond donors (Lipinski definition) is 4. The summed E-state index contributed by atoms with van der Waals surface area (Å²) >= 11 is 0. The van der Waals surface area contributed by atoms with Gasteiger partial charge in [-0.3, -0.25) is 19.3 Å². The van der Waals surface area contributed by atoms with Crippen LogP contribution in [0.4, 0.5) is 9.59 Å². The highest BCUT2D eigenvalue weighted by Gasteiger charge is 2.34. The number of carbonyl (C=O) groups is 6. The minimum absolute atomic E-state index is 0.00765. The largest absolute Gasteiger partial charge is 0.488 e. The summed E-state index contributed by atoms with van der Waals surface area (Å²) in [7, 11) is 1.22. The van der Waals surface area contributed by atoms with E-state index in [0.29, 0.717) is 16.9 Å². The fourth-order valence-corrected chi connectivity index (χ4v) is 6.75. The average Bonchev–Trinajstić information content (AvgIpc) is 3.21. The third-order valence-corrected chi connectivity index (χ3v) is 9.50. The van der Waals surface area contributed by atoms with Crippen molar-refractivity contribution in [1.82, 2.24) is 26.2 Å². The molecule has 16 heteroatoms. The van der Waals surface area contributed by atoms with E-state index >= 15 is 0 Å². The van der Waals surface area contributed by atoms with Gasteiger partial charge in [-0.15, -0.1) is 0 Å². The molecule has 4 amide bonds. The number of esters is 2. The standard InChI is InChI=1S/C51H73N5O11/c1-34(2)27-41(46(60)66-50(6,7)8)54-44(58)40(29-35-19-15-13-16-20-35)53-45(59)42(55-47(61)64-33-37-21-17-14-18-22-37)31-56(32-43(57)63-12)30-38(52-48(62)67-51(9,10)11)28-36-23-25-39(26-24-36)65-49(3,4)5/h13-26,34,38,40-42H,27-33H2,1-12H3,(H,52,62)(H,53,59)(H,54,58)(H,55,61)/t38-,40-,41-,42-/m0/s1. The van der Waals surface area contributed by atoms with Gasteiger partial charge in [-0.1, -0.05) is 86.6 Å². The van der Waals surface area contributed by atoms with Crippen molar-refractivity contribution >= 4 is 35.9 Å². The second kappa shape index (κ2) is 25.7. The molecule has 368 valence electrons. The molecule has 0 aliphatic heterocycles. The maximum atomic E-state index is 14.7. The van der Waals surface area contributed by atoms with E-state index < -0.39 is 76.9 Å². The molecule has 3 aromatic rings. The zero-order chi connectivity index (χ0) is 50.0. The van der Waals surface area contributed by atoms with Gasteiger partial charge in [0.05, 0.1) is 13.7 Å². The van der Waals surface area contributed by atoms with Crippen molar-refractivity contribution in [3.05, 3.63) is 102 Å². The number of hydrogen-bond acceptors (Lipinski definition) is 12. The maximum absolute atomic E-state index is 14.7. The molecule has 4 atom stereocenters. The first kappa shape index (κ1) is 55.2. The lowest BCUT2D eigenvalue weighted by molar-refractivity contribution is -0.159. The Labute approximate surface area is 396 Å². The predicted molar refractivity (Wildman–Crippen MR) is 255 cm³/mol. The molecule has 0 bridgehead atoms. The van der Waals surface area contributed by atoms with Crippen LogP contribution in [0.3, 0.4) is 0 Å². The second-order valence-corrected chi connectivity index (χ2v) is 19.9. The Morgan fingerprint density at radius 3 is 1.64 bits per heavy atom. The Bertz CT molecular complexity index is 2040. The van der Waals surface area contributed by atoms with Crippen molar-refractivity contribution < 1.29 is 52.5 Å². The van der Waals surface area contributed by atoms with Crippen LogP contribution >= 0.6 is 0 Å². The number of carbonyl (C=O) groups excluding carboxylic acids is 6. The highest BCUT2D eigenvalue weighted by atomic mass is 16.6. The lowest BCUT2D eigenvalue weighted by atomic mass is 10.0. The Balaban J connectivity index is 2.05. The number of amides is 4. The van der Waals surface area contributed by atoms with Crippen molar-refractivity contribution in [2.75, 3.05) is 26.7 Å². The van der Waals surface area contributed by atoms with Gasteiger partial charge >= 0.3 is 24.1 Å². The zero-order valence-electron chi connectivity index (χ0n) is 41.4. The quantitative estimate of drug-likeness (QED) is 0.0618. The summed E-state index contributed by atoms with van der Waals surface area (Å²) in [4.78, 5) is 83.8. The van der Waals surface area contributed by atoms with Crippen LogP contribution in [-0.4, -0.2) is 109 Å². The molecule has 67 heavy (non-hydrogen) atoms. The summed E-state index contributed by atoms with van der Waals surface area (Å²) in [6, 6.07) is 20.9. The summed E-state index contributed by atoms with van der Waals surface area (Å²) < 4.78 is 27.9. The summed E-state index contributed by atoms with van der Waals surface area (Å²) in [6.45, 7) is 19.2. The molecule has 0 aliphatic carbocycles. The number of nitrogens with one attached hydrogen (secondary N) is 4. The summed E-state index contributed by atoms with van der Waals surface area (Å²) in [5.74, 6) is -2.10. The number of rotatable bonds is 22. The van der Waals surface area contributed by atoms with E-state index in [1.54, 1.807) is 95.0 Å². The van der Waals surface area contributed by atoms with Crippen LogP contribution in [0.25, 0.3) is 0 Å². The van der Waals surface area contributed by atoms with Crippen molar-refractivity contribution in [2.45, 2.75) is 143 Å². The first-order valence-corrected chi connectivity index (χ1v) is 22.7. The summed E-state index contributed by atoms with van der Waals surface area (Å²) in [5.41, 5.74) is 0.127. The van der Waals surface area contributed by atoms with E-state index in [9.17, 15) is 28.8 Å². The van der Waals surface area contributed by atoms with Gasteiger partial charge in [0.25, 0.3) is 0 Å². The Hall–Kier alpha value is -6.16. The Morgan fingerprint density at radius 1 is 0.567 bits per heavy atom. The molecular weight excluding hydrogens is 859 g/mol.